The number of amides is 3. The van der Waals surface area contributed by atoms with Crippen molar-refractivity contribution < 1.29 is 9.59 Å². The predicted octanol–water partition coefficient (Wildman–Crippen LogP) is 5.02. The van der Waals surface area contributed by atoms with Crippen LogP contribution in [0.5, 0.6) is 0 Å². The van der Waals surface area contributed by atoms with Crippen LogP contribution in [0.2, 0.25) is 5.02 Å². The average molecular weight is 560 g/mol. The van der Waals surface area contributed by atoms with E-state index in [1.165, 1.54) is 19.3 Å². The minimum atomic E-state index is -0.249. The van der Waals surface area contributed by atoms with Gasteiger partial charge in [-0.2, -0.15) is 0 Å². The molecule has 4 rings (SSSR count). The average Bonchev–Trinajstić information content (AvgIpc) is 2.95. The Labute approximate surface area is 241 Å². The minimum Gasteiger partial charge on any atom is -0.341 e. The second kappa shape index (κ2) is 14.2. The summed E-state index contributed by atoms with van der Waals surface area (Å²) in [6.45, 7) is 1.42. The number of piperidine rings is 1. The van der Waals surface area contributed by atoms with Gasteiger partial charge in [0.2, 0.25) is 5.91 Å². The van der Waals surface area contributed by atoms with Gasteiger partial charge >= 0.3 is 6.03 Å². The van der Waals surface area contributed by atoms with E-state index in [9.17, 15) is 9.59 Å². The van der Waals surface area contributed by atoms with Crippen molar-refractivity contribution in [2.24, 2.45) is 0 Å². The third kappa shape index (κ3) is 8.11. The van der Waals surface area contributed by atoms with Crippen LogP contribution in [0, 0.1) is 0 Å². The van der Waals surface area contributed by atoms with Gasteiger partial charge in [-0.25, -0.2) is 4.79 Å². The molecule has 0 unspecified atom stereocenters. The standard InChI is InChI=1S/C31H50ClN5O2/c1-34(2)26-16-14-25(15-17-26)33-29(22-23-10-12-24(32)13-11-23)30(38)36-20-18-28(19-21-36)37(31(39)35(3)4)27-8-6-5-7-9-27/h10-13,25-29,33H,5-9,14-22H2,1-4H3/t25-,26+,29-/m1/s1. The Morgan fingerprint density at radius 1 is 0.846 bits per heavy atom. The molecule has 0 aromatic heterocycles. The van der Waals surface area contributed by atoms with Crippen molar-refractivity contribution in [1.29, 1.82) is 0 Å². The molecule has 0 spiro atoms. The maximum Gasteiger partial charge on any atom is 0.319 e. The number of likely N-dealkylation sites (tertiary alicyclic amines) is 1. The first kappa shape index (κ1) is 30.1. The van der Waals surface area contributed by atoms with E-state index in [-0.39, 0.29) is 24.0 Å². The van der Waals surface area contributed by atoms with Crippen LogP contribution < -0.4 is 5.32 Å². The van der Waals surface area contributed by atoms with Crippen molar-refractivity contribution in [2.75, 3.05) is 41.3 Å². The topological polar surface area (TPSA) is 59.1 Å². The largest absolute Gasteiger partial charge is 0.341 e. The number of hydrogen-bond donors (Lipinski definition) is 1. The molecule has 2 saturated carbocycles. The number of halogens is 1. The molecule has 1 aromatic rings. The Balaban J connectivity index is 1.41. The van der Waals surface area contributed by atoms with Crippen LogP contribution in [0.1, 0.15) is 76.2 Å². The zero-order valence-electron chi connectivity index (χ0n) is 24.6. The number of urea groups is 1. The summed E-state index contributed by atoms with van der Waals surface area (Å²) in [6.07, 6.45) is 12.8. The first-order valence-electron chi connectivity index (χ1n) is 15.2. The highest BCUT2D eigenvalue weighted by Gasteiger charge is 2.37. The van der Waals surface area contributed by atoms with Gasteiger partial charge in [-0.05, 0) is 89.6 Å². The lowest BCUT2D eigenvalue weighted by atomic mass is 9.89. The van der Waals surface area contributed by atoms with Crippen LogP contribution in [0.3, 0.4) is 0 Å². The number of nitrogens with one attached hydrogen (secondary N) is 1. The Kier molecular flexibility index (Phi) is 11.0. The van der Waals surface area contributed by atoms with Gasteiger partial charge in [-0.3, -0.25) is 4.79 Å². The van der Waals surface area contributed by atoms with E-state index in [1.807, 2.05) is 38.4 Å². The number of benzene rings is 1. The SMILES string of the molecule is CN(C)C(=O)N(C1CCCCC1)C1CCN(C(=O)[C@@H](Cc2ccc(Cl)cc2)N[C@H]2CC[C@@H](N(C)C)CC2)CC1. The summed E-state index contributed by atoms with van der Waals surface area (Å²) >= 11 is 6.14. The van der Waals surface area contributed by atoms with Crippen molar-refractivity contribution in [3.8, 4) is 0 Å². The first-order valence-corrected chi connectivity index (χ1v) is 15.6. The first-order chi connectivity index (χ1) is 18.7. The molecule has 3 amide bonds. The Hall–Kier alpha value is -1.83. The summed E-state index contributed by atoms with van der Waals surface area (Å²) in [7, 11) is 8.04. The summed E-state index contributed by atoms with van der Waals surface area (Å²) in [5.74, 6) is 0.196. The number of rotatable bonds is 8. The van der Waals surface area contributed by atoms with Crippen molar-refractivity contribution in [3.05, 3.63) is 34.9 Å². The molecule has 1 aliphatic heterocycles. The van der Waals surface area contributed by atoms with Gasteiger partial charge in [0.25, 0.3) is 0 Å². The predicted molar refractivity (Wildman–Crippen MR) is 159 cm³/mol. The van der Waals surface area contributed by atoms with Crippen molar-refractivity contribution in [1.82, 2.24) is 24.9 Å². The Morgan fingerprint density at radius 2 is 1.44 bits per heavy atom. The molecule has 1 heterocycles. The number of nitrogens with zero attached hydrogens (tertiary/aromatic N) is 4. The summed E-state index contributed by atoms with van der Waals surface area (Å²) in [5, 5.41) is 4.50. The lowest BCUT2D eigenvalue weighted by molar-refractivity contribution is -0.135. The summed E-state index contributed by atoms with van der Waals surface area (Å²) in [4.78, 5) is 35.5. The fourth-order valence-electron chi connectivity index (χ4n) is 6.90. The monoisotopic (exact) mass is 559 g/mol. The summed E-state index contributed by atoms with van der Waals surface area (Å²) in [6, 6.07) is 9.30. The molecular weight excluding hydrogens is 510 g/mol. The molecule has 1 aromatic carbocycles. The van der Waals surface area contributed by atoms with E-state index in [0.29, 0.717) is 42.7 Å². The van der Waals surface area contributed by atoms with E-state index in [2.05, 4.69) is 34.1 Å². The van der Waals surface area contributed by atoms with Crippen LogP contribution in [-0.2, 0) is 11.2 Å². The molecular formula is C31H50ClN5O2. The van der Waals surface area contributed by atoms with Gasteiger partial charge in [0.05, 0.1) is 6.04 Å². The maximum absolute atomic E-state index is 14.0. The van der Waals surface area contributed by atoms with E-state index < -0.39 is 0 Å². The smallest absolute Gasteiger partial charge is 0.319 e. The molecule has 1 atom stereocenters. The number of carbonyl (C=O) groups excluding carboxylic acids is 2. The Bertz CT molecular complexity index is 917. The Morgan fingerprint density at radius 3 is 2.00 bits per heavy atom. The van der Waals surface area contributed by atoms with Crippen molar-refractivity contribution in [2.45, 2.75) is 107 Å². The minimum absolute atomic E-state index is 0.127. The molecule has 1 N–H and O–H groups in total. The highest BCUT2D eigenvalue weighted by molar-refractivity contribution is 6.30. The second-order valence-corrected chi connectivity index (χ2v) is 12.9. The lowest BCUT2D eigenvalue weighted by Gasteiger charge is -2.45. The van der Waals surface area contributed by atoms with Crippen LogP contribution in [0.25, 0.3) is 0 Å². The van der Waals surface area contributed by atoms with Crippen molar-refractivity contribution in [3.63, 3.8) is 0 Å². The van der Waals surface area contributed by atoms with Gasteiger partial charge in [0, 0.05) is 56.4 Å². The molecule has 3 aliphatic rings. The van der Waals surface area contributed by atoms with E-state index in [1.54, 1.807) is 4.90 Å². The number of hydrogen-bond acceptors (Lipinski definition) is 4. The third-order valence-electron chi connectivity index (χ3n) is 9.26. The summed E-state index contributed by atoms with van der Waals surface area (Å²) < 4.78 is 0. The number of carbonyl (C=O) groups is 2. The van der Waals surface area contributed by atoms with Gasteiger partial charge < -0.3 is 24.9 Å². The molecule has 7 nitrogen and oxygen atoms in total. The van der Waals surface area contributed by atoms with E-state index >= 15 is 0 Å². The van der Waals surface area contributed by atoms with Crippen LogP contribution in [0.15, 0.2) is 24.3 Å². The normalized spacial score (nSPS) is 24.0. The fourth-order valence-corrected chi connectivity index (χ4v) is 7.03. The van der Waals surface area contributed by atoms with Crippen molar-refractivity contribution >= 4 is 23.5 Å². The zero-order chi connectivity index (χ0) is 27.9. The summed E-state index contributed by atoms with van der Waals surface area (Å²) in [5.41, 5.74) is 1.13. The molecule has 39 heavy (non-hydrogen) atoms. The van der Waals surface area contributed by atoms with Crippen LogP contribution in [-0.4, -0.2) is 103 Å². The van der Waals surface area contributed by atoms with Gasteiger partial charge in [0.1, 0.15) is 0 Å². The van der Waals surface area contributed by atoms with Gasteiger partial charge in [-0.15, -0.1) is 0 Å². The lowest BCUT2D eigenvalue weighted by Crippen LogP contribution is -2.58. The van der Waals surface area contributed by atoms with Gasteiger partial charge in [0.15, 0.2) is 0 Å². The molecule has 2 aliphatic carbocycles. The molecule has 0 bridgehead atoms. The van der Waals surface area contributed by atoms with Crippen LogP contribution in [0.4, 0.5) is 4.79 Å². The van der Waals surface area contributed by atoms with Crippen LogP contribution >= 0.6 is 11.6 Å². The maximum atomic E-state index is 14.0. The molecule has 1 saturated heterocycles. The third-order valence-corrected chi connectivity index (χ3v) is 9.51. The quantitative estimate of drug-likeness (QED) is 0.486. The molecule has 218 valence electrons. The van der Waals surface area contributed by atoms with E-state index in [4.69, 9.17) is 11.6 Å². The zero-order valence-corrected chi connectivity index (χ0v) is 25.3. The highest BCUT2D eigenvalue weighted by Crippen LogP contribution is 2.29. The molecule has 3 fully saturated rings. The molecule has 0 radical (unpaired) electrons. The second-order valence-electron chi connectivity index (χ2n) is 12.5. The highest BCUT2D eigenvalue weighted by atomic mass is 35.5. The van der Waals surface area contributed by atoms with E-state index in [0.717, 1.165) is 56.9 Å². The van der Waals surface area contributed by atoms with Gasteiger partial charge in [-0.1, -0.05) is 43.0 Å². The fraction of sp³-hybridized carbons (Fsp3) is 0.742. The molecule has 8 heteroatoms.